The zero-order valence-electron chi connectivity index (χ0n) is 21.7. The zero-order chi connectivity index (χ0) is 28.0. The summed E-state index contributed by atoms with van der Waals surface area (Å²) in [5, 5.41) is 3.64. The van der Waals surface area contributed by atoms with Crippen molar-refractivity contribution in [3.8, 4) is 0 Å². The Balaban J connectivity index is 2.05. The topological polar surface area (TPSA) is 86.8 Å². The molecular weight excluding hydrogens is 545 g/mol. The van der Waals surface area contributed by atoms with Crippen molar-refractivity contribution in [3.05, 3.63) is 93.5 Å². The lowest BCUT2D eigenvalue weighted by Crippen LogP contribution is -2.51. The van der Waals surface area contributed by atoms with E-state index in [1.54, 1.807) is 69.3 Å². The number of hydrogen-bond acceptors (Lipinski definition) is 4. The van der Waals surface area contributed by atoms with Gasteiger partial charge in [0.15, 0.2) is 0 Å². The summed E-state index contributed by atoms with van der Waals surface area (Å²) in [7, 11) is -4.15. The number of aryl methyl sites for hydroxylation is 2. The Hall–Kier alpha value is -3.07. The molecule has 0 saturated carbocycles. The number of benzene rings is 3. The molecule has 3 aromatic rings. The smallest absolute Gasteiger partial charge is 0.264 e. The summed E-state index contributed by atoms with van der Waals surface area (Å²) >= 11 is 12.4. The third-order valence-electron chi connectivity index (χ3n) is 6.12. The van der Waals surface area contributed by atoms with E-state index in [1.807, 2.05) is 6.92 Å². The van der Waals surface area contributed by atoms with Crippen LogP contribution in [0.2, 0.25) is 10.0 Å². The second-order valence-electron chi connectivity index (χ2n) is 8.98. The molecule has 0 aliphatic heterocycles. The van der Waals surface area contributed by atoms with Crippen molar-refractivity contribution in [1.82, 2.24) is 10.2 Å². The number of anilines is 1. The van der Waals surface area contributed by atoms with E-state index >= 15 is 0 Å². The predicted molar refractivity (Wildman–Crippen MR) is 152 cm³/mol. The van der Waals surface area contributed by atoms with E-state index in [4.69, 9.17) is 23.2 Å². The maximum atomic E-state index is 13.8. The molecule has 0 unspecified atom stereocenters. The number of hydrogen-bond donors (Lipinski definition) is 1. The third-order valence-corrected chi connectivity index (χ3v) is 8.56. The van der Waals surface area contributed by atoms with Crippen LogP contribution in [0.4, 0.5) is 5.69 Å². The molecule has 3 rings (SSSR count). The maximum Gasteiger partial charge on any atom is 0.264 e. The van der Waals surface area contributed by atoms with Crippen molar-refractivity contribution in [2.75, 3.05) is 17.4 Å². The first-order valence-electron chi connectivity index (χ1n) is 12.1. The molecule has 2 amide bonds. The highest BCUT2D eigenvalue weighted by Gasteiger charge is 2.32. The van der Waals surface area contributed by atoms with Gasteiger partial charge in [-0.05, 0) is 75.2 Å². The number of halogens is 2. The average Bonchev–Trinajstić information content (AvgIpc) is 2.88. The van der Waals surface area contributed by atoms with Crippen LogP contribution in [0.1, 0.15) is 30.5 Å². The molecule has 38 heavy (non-hydrogen) atoms. The Morgan fingerprint density at radius 2 is 1.58 bits per heavy atom. The number of rotatable bonds is 10. The minimum atomic E-state index is -4.15. The molecule has 0 fully saturated rings. The van der Waals surface area contributed by atoms with Crippen LogP contribution in [0.5, 0.6) is 0 Å². The fourth-order valence-electron chi connectivity index (χ4n) is 3.79. The number of carbonyl (C=O) groups excluding carboxylic acids is 2. The highest BCUT2D eigenvalue weighted by Crippen LogP contribution is 2.29. The fraction of sp³-hybridized carbons (Fsp3) is 0.286. The molecule has 0 spiro atoms. The van der Waals surface area contributed by atoms with Gasteiger partial charge in [-0.1, -0.05) is 59.1 Å². The quantitative estimate of drug-likeness (QED) is 0.352. The van der Waals surface area contributed by atoms with E-state index < -0.39 is 28.5 Å². The van der Waals surface area contributed by atoms with E-state index in [2.05, 4.69) is 5.32 Å². The van der Waals surface area contributed by atoms with Crippen LogP contribution in [-0.2, 0) is 26.2 Å². The van der Waals surface area contributed by atoms with Crippen LogP contribution in [0.3, 0.4) is 0 Å². The molecule has 0 aliphatic carbocycles. The molecule has 0 saturated heterocycles. The van der Waals surface area contributed by atoms with E-state index in [9.17, 15) is 18.0 Å². The molecular formula is C28H31Cl2N3O4S. The molecule has 0 aliphatic rings. The van der Waals surface area contributed by atoms with Crippen molar-refractivity contribution in [2.24, 2.45) is 0 Å². The maximum absolute atomic E-state index is 13.8. The van der Waals surface area contributed by atoms with Gasteiger partial charge in [-0.15, -0.1) is 0 Å². The van der Waals surface area contributed by atoms with Crippen LogP contribution in [0.15, 0.2) is 71.6 Å². The van der Waals surface area contributed by atoms with Crippen molar-refractivity contribution in [1.29, 1.82) is 0 Å². The number of nitrogens with zero attached hydrogens (tertiary/aromatic N) is 2. The van der Waals surface area contributed by atoms with Crippen LogP contribution >= 0.6 is 23.2 Å². The SMILES string of the molecule is CCNC(=O)[C@H](C)N(Cc1ccc(Cl)cc1)C(=O)CN(c1ccc(C)c(Cl)c1)S(=O)(=O)c1ccc(C)cc1. The van der Waals surface area contributed by atoms with Gasteiger partial charge in [0, 0.05) is 23.1 Å². The summed E-state index contributed by atoms with van der Waals surface area (Å²) in [5.74, 6) is -0.896. The molecule has 0 heterocycles. The summed E-state index contributed by atoms with van der Waals surface area (Å²) in [6.07, 6.45) is 0. The summed E-state index contributed by atoms with van der Waals surface area (Å²) in [5.41, 5.74) is 2.65. The second-order valence-corrected chi connectivity index (χ2v) is 11.7. The van der Waals surface area contributed by atoms with Crippen LogP contribution in [0, 0.1) is 13.8 Å². The van der Waals surface area contributed by atoms with E-state index in [1.165, 1.54) is 23.1 Å². The Labute approximate surface area is 234 Å². The van der Waals surface area contributed by atoms with Crippen molar-refractivity contribution in [2.45, 2.75) is 45.2 Å². The molecule has 0 bridgehead atoms. The number of amides is 2. The lowest BCUT2D eigenvalue weighted by Gasteiger charge is -2.32. The number of sulfonamides is 1. The number of nitrogens with one attached hydrogen (secondary N) is 1. The van der Waals surface area contributed by atoms with Gasteiger partial charge in [-0.3, -0.25) is 13.9 Å². The predicted octanol–water partition coefficient (Wildman–Crippen LogP) is 5.36. The van der Waals surface area contributed by atoms with Gasteiger partial charge in [-0.2, -0.15) is 0 Å². The van der Waals surface area contributed by atoms with Gasteiger partial charge in [0.2, 0.25) is 11.8 Å². The number of carbonyl (C=O) groups is 2. The summed E-state index contributed by atoms with van der Waals surface area (Å²) < 4.78 is 28.7. The number of likely N-dealkylation sites (N-methyl/N-ethyl adjacent to an activating group) is 1. The minimum absolute atomic E-state index is 0.0358. The summed E-state index contributed by atoms with van der Waals surface area (Å²) in [6.45, 7) is 7.00. The Morgan fingerprint density at radius 1 is 0.947 bits per heavy atom. The van der Waals surface area contributed by atoms with Gasteiger partial charge in [0.05, 0.1) is 10.6 Å². The van der Waals surface area contributed by atoms with Gasteiger partial charge < -0.3 is 10.2 Å². The molecule has 1 atom stereocenters. The monoisotopic (exact) mass is 575 g/mol. The molecule has 3 aromatic carbocycles. The van der Waals surface area contributed by atoms with Gasteiger partial charge >= 0.3 is 0 Å². The first-order valence-corrected chi connectivity index (χ1v) is 14.3. The lowest BCUT2D eigenvalue weighted by molar-refractivity contribution is -0.139. The highest BCUT2D eigenvalue weighted by molar-refractivity contribution is 7.92. The Kier molecular flexibility index (Phi) is 9.82. The molecule has 0 radical (unpaired) electrons. The van der Waals surface area contributed by atoms with Crippen LogP contribution < -0.4 is 9.62 Å². The first-order chi connectivity index (χ1) is 17.9. The largest absolute Gasteiger partial charge is 0.355 e. The average molecular weight is 577 g/mol. The third kappa shape index (κ3) is 7.07. The van der Waals surface area contributed by atoms with Crippen molar-refractivity contribution in [3.63, 3.8) is 0 Å². The first kappa shape index (κ1) is 29.5. The normalized spacial score (nSPS) is 12.1. The Bertz CT molecular complexity index is 1390. The zero-order valence-corrected chi connectivity index (χ0v) is 24.1. The molecule has 1 N–H and O–H groups in total. The summed E-state index contributed by atoms with van der Waals surface area (Å²) in [4.78, 5) is 28.0. The standard InChI is InChI=1S/C28H31Cl2N3O4S/c1-5-31-28(35)21(4)32(17-22-9-11-23(29)12-10-22)27(34)18-33(24-13-8-20(3)26(30)16-24)38(36,37)25-14-6-19(2)7-15-25/h6-16,21H,5,17-18H2,1-4H3,(H,31,35)/t21-/m0/s1. The van der Waals surface area contributed by atoms with E-state index in [0.717, 1.165) is 21.0 Å². The van der Waals surface area contributed by atoms with E-state index in [0.29, 0.717) is 16.6 Å². The van der Waals surface area contributed by atoms with Crippen LogP contribution in [0.25, 0.3) is 0 Å². The van der Waals surface area contributed by atoms with Gasteiger partial charge in [-0.25, -0.2) is 8.42 Å². The van der Waals surface area contributed by atoms with Crippen LogP contribution in [-0.4, -0.2) is 44.3 Å². The highest BCUT2D eigenvalue weighted by atomic mass is 35.5. The minimum Gasteiger partial charge on any atom is -0.355 e. The molecule has 202 valence electrons. The summed E-state index contributed by atoms with van der Waals surface area (Å²) in [6, 6.07) is 17.3. The van der Waals surface area contributed by atoms with Crippen molar-refractivity contribution >= 4 is 50.7 Å². The molecule has 10 heteroatoms. The van der Waals surface area contributed by atoms with Gasteiger partial charge in [0.25, 0.3) is 10.0 Å². The van der Waals surface area contributed by atoms with Gasteiger partial charge in [0.1, 0.15) is 12.6 Å². The fourth-order valence-corrected chi connectivity index (χ4v) is 5.50. The lowest BCUT2D eigenvalue weighted by atomic mass is 10.1. The van der Waals surface area contributed by atoms with E-state index in [-0.39, 0.29) is 23.0 Å². The molecule has 0 aromatic heterocycles. The van der Waals surface area contributed by atoms with Crippen molar-refractivity contribution < 1.29 is 18.0 Å². The molecule has 7 nitrogen and oxygen atoms in total. The second kappa shape index (κ2) is 12.7. The Morgan fingerprint density at radius 3 is 2.16 bits per heavy atom.